The van der Waals surface area contributed by atoms with Crippen molar-refractivity contribution in [2.75, 3.05) is 32.8 Å². The summed E-state index contributed by atoms with van der Waals surface area (Å²) in [5.74, 6) is -0.834. The number of phosphoric ester groups is 1. The summed E-state index contributed by atoms with van der Waals surface area (Å²) in [5, 5.41) is 11.5. The molecule has 5 heterocycles. The predicted octanol–water partition coefficient (Wildman–Crippen LogP) is 3.36. The number of hydrogen-bond acceptors (Lipinski definition) is 11. The van der Waals surface area contributed by atoms with Crippen molar-refractivity contribution in [2.24, 2.45) is 11.3 Å². The van der Waals surface area contributed by atoms with Crippen LogP contribution >= 0.6 is 19.2 Å². The molecule has 0 radical (unpaired) electrons. The largest absolute Gasteiger partial charge is 0.506 e. The first-order valence-corrected chi connectivity index (χ1v) is 19.0. The summed E-state index contributed by atoms with van der Waals surface area (Å²) in [6.45, 7) is 12.1. The van der Waals surface area contributed by atoms with Gasteiger partial charge in [-0.2, -0.15) is 5.06 Å². The van der Waals surface area contributed by atoms with Crippen LogP contribution in [0.2, 0.25) is 0 Å². The van der Waals surface area contributed by atoms with E-state index in [1.807, 2.05) is 39.5 Å². The summed E-state index contributed by atoms with van der Waals surface area (Å²) < 4.78 is 15.5. The van der Waals surface area contributed by atoms with Crippen LogP contribution in [0, 0.1) is 11.3 Å². The molecule has 0 aliphatic carbocycles. The molecule has 3 aliphatic rings. The van der Waals surface area contributed by atoms with Crippen LogP contribution in [0.5, 0.6) is 5.75 Å². The Morgan fingerprint density at radius 1 is 1.20 bits per heavy atom. The van der Waals surface area contributed by atoms with Crippen LogP contribution in [0.3, 0.4) is 0 Å². The Hall–Kier alpha value is -2.98. The molecule has 0 bridgehead atoms. The number of amides is 3. The van der Waals surface area contributed by atoms with Crippen LogP contribution in [0.1, 0.15) is 71.7 Å². The average Bonchev–Trinajstić information content (AvgIpc) is 3.63. The molecule has 3 fully saturated rings. The summed E-state index contributed by atoms with van der Waals surface area (Å²) >= 11 is 1.26. The van der Waals surface area contributed by atoms with Gasteiger partial charge in [0.05, 0.1) is 19.3 Å². The zero-order chi connectivity index (χ0) is 35.7. The fourth-order valence-corrected chi connectivity index (χ4v) is 7.81. The maximum Gasteiger partial charge on any atom is 0.469 e. The molecule has 3 amide bonds. The van der Waals surface area contributed by atoms with Gasteiger partial charge in [0, 0.05) is 31.3 Å². The summed E-state index contributed by atoms with van der Waals surface area (Å²) in [6.07, 6.45) is 5.11. The lowest BCUT2D eigenvalue weighted by Crippen LogP contribution is -2.74. The van der Waals surface area contributed by atoms with Crippen LogP contribution in [-0.4, -0.2) is 119 Å². The first kappa shape index (κ1) is 37.3. The van der Waals surface area contributed by atoms with E-state index in [0.717, 1.165) is 6.54 Å². The number of likely N-dealkylation sites (tertiary alicyclic amines) is 1. The summed E-state index contributed by atoms with van der Waals surface area (Å²) in [4.78, 5) is 81.3. The van der Waals surface area contributed by atoms with E-state index in [9.17, 15) is 24.1 Å². The lowest BCUT2D eigenvalue weighted by molar-refractivity contribution is -0.275. The quantitative estimate of drug-likeness (QED) is 0.165. The molecule has 3 N–H and O–H groups in total. The van der Waals surface area contributed by atoms with Gasteiger partial charge in [-0.05, 0) is 56.1 Å². The third-order valence-electron chi connectivity index (χ3n) is 8.77. The zero-order valence-corrected chi connectivity index (χ0v) is 30.3. The number of rotatable bonds is 12. The van der Waals surface area contributed by atoms with E-state index < -0.39 is 32.0 Å². The third-order valence-corrected chi connectivity index (χ3v) is 10.2. The van der Waals surface area contributed by atoms with E-state index in [2.05, 4.69) is 19.4 Å². The number of carbonyl (C=O) groups excluding carboxylic acids is 3. The highest BCUT2D eigenvalue weighted by Crippen LogP contribution is 2.37. The zero-order valence-electron chi connectivity index (χ0n) is 28.6. The second kappa shape index (κ2) is 15.1. The molecule has 17 heteroatoms. The number of piperazine rings is 1. The molecule has 5 rings (SSSR count). The number of aromatic hydroxyl groups is 1. The molecule has 270 valence electrons. The summed E-state index contributed by atoms with van der Waals surface area (Å²) in [5.41, 5.74) is 0.202. The monoisotopic (exact) mass is 722 g/mol. The van der Waals surface area contributed by atoms with Gasteiger partial charge in [-0.25, -0.2) is 14.5 Å². The first-order valence-electron chi connectivity index (χ1n) is 16.7. The van der Waals surface area contributed by atoms with Crippen molar-refractivity contribution in [3.05, 3.63) is 23.3 Å². The highest BCUT2D eigenvalue weighted by atomic mass is 32.1. The normalized spacial score (nSPS) is 24.2. The average molecular weight is 723 g/mol. The molecule has 2 aromatic heterocycles. The number of aromatic nitrogens is 2. The van der Waals surface area contributed by atoms with E-state index in [1.54, 1.807) is 11.0 Å². The van der Waals surface area contributed by atoms with Gasteiger partial charge in [-0.15, -0.1) is 0 Å². The standard InChI is InChI=1S/C32H47N6O9PS/c1-20(2)14-25-31(42)37-24(16-32(3,4)5)30(41)36(21-10-12-35(18-21)11-6-7-13-46-48(43,44)45)19-27(37)38(47-25)28(40)9-8-26-34-23-15-22(39)17-33-29(23)49-26/h8-9,15,17,20-21,24-25,27,39H,6-7,10-14,16,18-19H2,1-5H3,(H2,43,44,45)/b9-8+/t21-,24+,25-,27+/m1/s1. The number of carbonyl (C=O) groups is 3. The van der Waals surface area contributed by atoms with Crippen LogP contribution < -0.4 is 0 Å². The van der Waals surface area contributed by atoms with Crippen molar-refractivity contribution in [3.8, 4) is 5.75 Å². The van der Waals surface area contributed by atoms with Crippen molar-refractivity contribution in [1.29, 1.82) is 0 Å². The van der Waals surface area contributed by atoms with Gasteiger partial charge in [-0.3, -0.25) is 23.7 Å². The molecule has 2 aromatic rings. The van der Waals surface area contributed by atoms with Crippen molar-refractivity contribution >= 4 is 53.3 Å². The number of hydroxylamine groups is 2. The van der Waals surface area contributed by atoms with Gasteiger partial charge in [0.15, 0.2) is 12.3 Å². The smallest absolute Gasteiger partial charge is 0.469 e. The fourth-order valence-electron chi connectivity index (χ4n) is 6.65. The number of fused-ring (bicyclic) bond motifs is 2. The number of unbranched alkanes of at least 4 members (excludes halogenated alkanes) is 1. The minimum atomic E-state index is -4.50. The Morgan fingerprint density at radius 3 is 2.65 bits per heavy atom. The highest BCUT2D eigenvalue weighted by Gasteiger charge is 2.54. The molecule has 0 aromatic carbocycles. The SMILES string of the molecule is CC(C)C[C@H]1ON(C(=O)/C=C/c2nc3cc(O)cnc3s2)[C@H]2CN([C@@H]3CCN(CCCCOP(=O)(O)O)C3)C(=O)[C@H](CC(C)(C)C)N2C1=O. The lowest BCUT2D eigenvalue weighted by atomic mass is 9.85. The predicted molar refractivity (Wildman–Crippen MR) is 182 cm³/mol. The van der Waals surface area contributed by atoms with E-state index >= 15 is 0 Å². The summed E-state index contributed by atoms with van der Waals surface area (Å²) in [7, 11) is -4.50. The van der Waals surface area contributed by atoms with Gasteiger partial charge in [-0.1, -0.05) is 46.0 Å². The van der Waals surface area contributed by atoms with Gasteiger partial charge < -0.3 is 29.6 Å². The Balaban J connectivity index is 1.38. The number of nitrogens with zero attached hydrogens (tertiary/aromatic N) is 6. The van der Waals surface area contributed by atoms with Crippen molar-refractivity contribution in [1.82, 2.24) is 29.7 Å². The molecule has 49 heavy (non-hydrogen) atoms. The number of hydrogen-bond donors (Lipinski definition) is 3. The first-order chi connectivity index (χ1) is 23.0. The fraction of sp³-hybridized carbons (Fsp3) is 0.656. The number of pyridine rings is 1. The molecule has 15 nitrogen and oxygen atoms in total. The van der Waals surface area contributed by atoms with E-state index in [1.165, 1.54) is 34.7 Å². The molecular formula is C32H47N6O9PS. The van der Waals surface area contributed by atoms with Crippen LogP contribution in [0.15, 0.2) is 18.3 Å². The lowest BCUT2D eigenvalue weighted by Gasteiger charge is -2.54. The molecule has 0 spiro atoms. The Kier molecular flexibility index (Phi) is 11.5. The second-order valence-corrected chi connectivity index (χ2v) is 16.8. The van der Waals surface area contributed by atoms with Crippen molar-refractivity contribution in [3.63, 3.8) is 0 Å². The Morgan fingerprint density at radius 2 is 1.96 bits per heavy atom. The van der Waals surface area contributed by atoms with Gasteiger partial charge in [0.2, 0.25) is 5.91 Å². The van der Waals surface area contributed by atoms with Crippen LogP contribution in [0.25, 0.3) is 16.4 Å². The van der Waals surface area contributed by atoms with Gasteiger partial charge in [0.25, 0.3) is 11.8 Å². The second-order valence-electron chi connectivity index (χ2n) is 14.6. The van der Waals surface area contributed by atoms with E-state index in [0.29, 0.717) is 60.5 Å². The van der Waals surface area contributed by atoms with Crippen molar-refractivity contribution in [2.45, 2.75) is 91.1 Å². The molecule has 3 aliphatic heterocycles. The van der Waals surface area contributed by atoms with E-state index in [-0.39, 0.29) is 48.1 Å². The highest BCUT2D eigenvalue weighted by molar-refractivity contribution is 7.46. The van der Waals surface area contributed by atoms with E-state index in [4.69, 9.17) is 14.6 Å². The van der Waals surface area contributed by atoms with Crippen LogP contribution in [-0.2, 0) is 28.3 Å². The van der Waals surface area contributed by atoms with Crippen LogP contribution in [0.4, 0.5) is 0 Å². The molecular weight excluding hydrogens is 675 g/mol. The molecule has 0 unspecified atom stereocenters. The minimum Gasteiger partial charge on any atom is -0.506 e. The minimum absolute atomic E-state index is 0.00792. The van der Waals surface area contributed by atoms with Gasteiger partial charge in [0.1, 0.15) is 27.1 Å². The maximum atomic E-state index is 14.4. The summed E-state index contributed by atoms with van der Waals surface area (Å²) in [6, 6.07) is 0.567. The Bertz CT molecular complexity index is 1610. The maximum absolute atomic E-state index is 14.4. The Labute approximate surface area is 290 Å². The number of phosphoric acid groups is 1. The molecule has 0 saturated carbocycles. The molecule has 4 atom stereocenters. The number of thiazole rings is 1. The third kappa shape index (κ3) is 9.43. The topological polar surface area (TPSA) is 186 Å². The van der Waals surface area contributed by atoms with Crippen molar-refractivity contribution < 1.29 is 43.2 Å². The molecule has 3 saturated heterocycles. The van der Waals surface area contributed by atoms with Gasteiger partial charge >= 0.3 is 7.82 Å².